The summed E-state index contributed by atoms with van der Waals surface area (Å²) in [6.07, 6.45) is 4.38. The monoisotopic (exact) mass is 423 g/mol. The van der Waals surface area contributed by atoms with Crippen LogP contribution in [0.5, 0.6) is 0 Å². The summed E-state index contributed by atoms with van der Waals surface area (Å²) in [7, 11) is 2.41. The molecule has 3 aromatic rings. The summed E-state index contributed by atoms with van der Waals surface area (Å²) >= 11 is 7.58. The fourth-order valence-electron chi connectivity index (χ4n) is 2.49. The SMILES string of the molecule is CSc1cc(Cl)cc(C(=O)NC(C)c2ncnn2-c2ncc(F)cc2P)c1. The Hall–Kier alpha value is -2.02. The van der Waals surface area contributed by atoms with Crippen LogP contribution in [0.25, 0.3) is 5.82 Å². The first-order chi connectivity index (χ1) is 12.9. The highest BCUT2D eigenvalue weighted by molar-refractivity contribution is 7.98. The number of hydrogen-bond acceptors (Lipinski definition) is 5. The number of halogens is 2. The van der Waals surface area contributed by atoms with Crippen molar-refractivity contribution in [3.05, 3.63) is 59.0 Å². The van der Waals surface area contributed by atoms with Gasteiger partial charge in [0.15, 0.2) is 11.6 Å². The Kier molecular flexibility index (Phi) is 6.09. The first-order valence-electron chi connectivity index (χ1n) is 7.85. The fourth-order valence-corrected chi connectivity index (χ4v) is 3.64. The average Bonchev–Trinajstić information content (AvgIpc) is 3.10. The maximum absolute atomic E-state index is 13.3. The second-order valence-corrected chi connectivity index (χ2v) is 7.61. The lowest BCUT2D eigenvalue weighted by molar-refractivity contribution is 0.0937. The van der Waals surface area contributed by atoms with Gasteiger partial charge >= 0.3 is 0 Å². The van der Waals surface area contributed by atoms with Gasteiger partial charge in [0, 0.05) is 20.8 Å². The highest BCUT2D eigenvalue weighted by Gasteiger charge is 2.20. The van der Waals surface area contributed by atoms with Crippen LogP contribution in [-0.2, 0) is 0 Å². The van der Waals surface area contributed by atoms with Gasteiger partial charge in [0.05, 0.1) is 12.2 Å². The minimum absolute atomic E-state index is 0.284. The molecular weight excluding hydrogens is 408 g/mol. The van der Waals surface area contributed by atoms with Crippen molar-refractivity contribution in [1.29, 1.82) is 0 Å². The second-order valence-electron chi connectivity index (χ2n) is 5.67. The van der Waals surface area contributed by atoms with E-state index in [2.05, 4.69) is 29.6 Å². The minimum Gasteiger partial charge on any atom is -0.342 e. The molecule has 0 radical (unpaired) electrons. The predicted molar refractivity (Wildman–Crippen MR) is 108 cm³/mol. The highest BCUT2D eigenvalue weighted by atomic mass is 35.5. The van der Waals surface area contributed by atoms with Crippen LogP contribution in [0, 0.1) is 5.82 Å². The second kappa shape index (κ2) is 8.33. The zero-order valence-corrected chi connectivity index (χ0v) is 17.2. The smallest absolute Gasteiger partial charge is 0.251 e. The number of rotatable bonds is 5. The van der Waals surface area contributed by atoms with E-state index < -0.39 is 11.9 Å². The van der Waals surface area contributed by atoms with Crippen molar-refractivity contribution in [2.45, 2.75) is 17.9 Å². The Morgan fingerprint density at radius 2 is 2.11 bits per heavy atom. The zero-order valence-electron chi connectivity index (χ0n) is 14.5. The third-order valence-corrected chi connectivity index (χ3v) is 5.09. The molecule has 0 saturated heterocycles. The van der Waals surface area contributed by atoms with E-state index >= 15 is 0 Å². The highest BCUT2D eigenvalue weighted by Crippen LogP contribution is 2.23. The molecule has 2 atom stereocenters. The normalized spacial score (nSPS) is 12.0. The zero-order chi connectivity index (χ0) is 19.6. The molecule has 1 amide bonds. The number of thioether (sulfide) groups is 1. The van der Waals surface area contributed by atoms with Crippen LogP contribution >= 0.6 is 32.6 Å². The number of nitrogens with one attached hydrogen (secondary N) is 1. The lowest BCUT2D eigenvalue weighted by Crippen LogP contribution is -2.29. The van der Waals surface area contributed by atoms with Gasteiger partial charge in [-0.3, -0.25) is 4.79 Å². The molecule has 0 aliphatic heterocycles. The summed E-state index contributed by atoms with van der Waals surface area (Å²) < 4.78 is 14.8. The summed E-state index contributed by atoms with van der Waals surface area (Å²) in [6.45, 7) is 1.78. The average molecular weight is 424 g/mol. The van der Waals surface area contributed by atoms with Gasteiger partial charge in [0.25, 0.3) is 5.91 Å². The number of amides is 1. The molecule has 140 valence electrons. The molecule has 0 saturated carbocycles. The van der Waals surface area contributed by atoms with Crippen molar-refractivity contribution in [3.63, 3.8) is 0 Å². The number of hydrogen-bond donors (Lipinski definition) is 1. The standard InChI is InChI=1S/C17H16ClFN5OPS/c1-9(23-17(25)10-3-11(18)5-13(4-10)27-2)15-21-8-22-24(15)16-14(26)6-12(19)7-20-16/h3-9H,26H2,1-2H3,(H,23,25). The van der Waals surface area contributed by atoms with Crippen molar-refractivity contribution in [2.24, 2.45) is 0 Å². The molecule has 0 aliphatic rings. The molecule has 0 bridgehead atoms. The summed E-state index contributed by atoms with van der Waals surface area (Å²) in [4.78, 5) is 21.8. The summed E-state index contributed by atoms with van der Waals surface area (Å²) in [5.41, 5.74) is 0.455. The summed E-state index contributed by atoms with van der Waals surface area (Å²) in [5.74, 6) is 0.158. The molecule has 27 heavy (non-hydrogen) atoms. The van der Waals surface area contributed by atoms with Gasteiger partial charge in [-0.1, -0.05) is 11.6 Å². The number of pyridine rings is 1. The van der Waals surface area contributed by atoms with Gasteiger partial charge in [-0.2, -0.15) is 9.78 Å². The topological polar surface area (TPSA) is 72.7 Å². The van der Waals surface area contributed by atoms with Crippen LogP contribution in [0.1, 0.15) is 29.1 Å². The van der Waals surface area contributed by atoms with Crippen molar-refractivity contribution >= 4 is 43.8 Å². The van der Waals surface area contributed by atoms with Crippen molar-refractivity contribution in [3.8, 4) is 5.82 Å². The first kappa shape index (κ1) is 19.7. The maximum atomic E-state index is 13.3. The quantitative estimate of drug-likeness (QED) is 0.504. The molecule has 2 heterocycles. The predicted octanol–water partition coefficient (Wildman–Crippen LogP) is 3.17. The van der Waals surface area contributed by atoms with E-state index in [-0.39, 0.29) is 5.91 Å². The van der Waals surface area contributed by atoms with E-state index in [4.69, 9.17) is 11.6 Å². The van der Waals surface area contributed by atoms with Gasteiger partial charge in [0.2, 0.25) is 0 Å². The molecule has 10 heteroatoms. The van der Waals surface area contributed by atoms with Crippen LogP contribution in [-0.4, -0.2) is 31.9 Å². The molecule has 6 nitrogen and oxygen atoms in total. The largest absolute Gasteiger partial charge is 0.342 e. The molecule has 1 aromatic carbocycles. The van der Waals surface area contributed by atoms with E-state index in [0.29, 0.717) is 27.5 Å². The van der Waals surface area contributed by atoms with E-state index in [1.54, 1.807) is 25.1 Å². The number of benzene rings is 1. The lowest BCUT2D eigenvalue weighted by atomic mass is 10.2. The van der Waals surface area contributed by atoms with Crippen LogP contribution in [0.4, 0.5) is 4.39 Å². The maximum Gasteiger partial charge on any atom is 0.251 e. The number of carbonyl (C=O) groups is 1. The third kappa shape index (κ3) is 4.46. The van der Waals surface area contributed by atoms with Crippen molar-refractivity contribution < 1.29 is 9.18 Å². The van der Waals surface area contributed by atoms with E-state index in [1.165, 1.54) is 28.8 Å². The Morgan fingerprint density at radius 3 is 2.81 bits per heavy atom. The van der Waals surface area contributed by atoms with Crippen LogP contribution < -0.4 is 10.6 Å². The van der Waals surface area contributed by atoms with E-state index in [1.807, 2.05) is 6.26 Å². The van der Waals surface area contributed by atoms with Crippen LogP contribution in [0.2, 0.25) is 5.02 Å². The van der Waals surface area contributed by atoms with E-state index in [9.17, 15) is 9.18 Å². The molecule has 2 aromatic heterocycles. The lowest BCUT2D eigenvalue weighted by Gasteiger charge is -2.15. The van der Waals surface area contributed by atoms with Gasteiger partial charge < -0.3 is 5.32 Å². The van der Waals surface area contributed by atoms with Crippen LogP contribution in [0.15, 0.2) is 41.7 Å². The number of aromatic nitrogens is 4. The van der Waals surface area contributed by atoms with Gasteiger partial charge in [-0.25, -0.2) is 14.4 Å². The molecule has 0 spiro atoms. The molecule has 3 rings (SSSR count). The Bertz CT molecular complexity index is 999. The Balaban J connectivity index is 1.85. The van der Waals surface area contributed by atoms with E-state index in [0.717, 1.165) is 11.1 Å². The summed E-state index contributed by atoms with van der Waals surface area (Å²) in [5, 5.41) is 8.05. The third-order valence-electron chi connectivity index (χ3n) is 3.74. The number of nitrogens with zero attached hydrogens (tertiary/aromatic N) is 4. The van der Waals surface area contributed by atoms with Crippen molar-refractivity contribution in [1.82, 2.24) is 25.1 Å². The van der Waals surface area contributed by atoms with Gasteiger partial charge in [-0.05, 0) is 37.4 Å². The molecule has 1 N–H and O–H groups in total. The van der Waals surface area contributed by atoms with Crippen molar-refractivity contribution in [2.75, 3.05) is 6.26 Å². The Morgan fingerprint density at radius 1 is 1.33 bits per heavy atom. The molecule has 0 aliphatic carbocycles. The fraction of sp³-hybridized carbons (Fsp3) is 0.176. The Labute approximate surface area is 167 Å². The van der Waals surface area contributed by atoms with Crippen LogP contribution in [0.3, 0.4) is 0 Å². The first-order valence-corrected chi connectivity index (χ1v) is 10.0. The van der Waals surface area contributed by atoms with Gasteiger partial charge in [0.1, 0.15) is 12.1 Å². The van der Waals surface area contributed by atoms with Gasteiger partial charge in [-0.15, -0.1) is 21.0 Å². The molecular formula is C17H16ClFN5OPS. The number of carbonyl (C=O) groups excluding carboxylic acids is 1. The minimum atomic E-state index is -0.465. The summed E-state index contributed by atoms with van der Waals surface area (Å²) in [6, 6.07) is 6.04. The molecule has 0 fully saturated rings. The molecule has 2 unspecified atom stereocenters.